The van der Waals surface area contributed by atoms with E-state index in [4.69, 9.17) is 5.10 Å². The number of anilines is 3. The summed E-state index contributed by atoms with van der Waals surface area (Å²) in [5, 5.41) is 22.5. The fourth-order valence-electron chi connectivity index (χ4n) is 4.42. The summed E-state index contributed by atoms with van der Waals surface area (Å²) in [4.78, 5) is 15.3. The molecule has 9 nitrogen and oxygen atoms in total. The van der Waals surface area contributed by atoms with E-state index in [0.29, 0.717) is 23.7 Å². The highest BCUT2D eigenvalue weighted by atomic mass is 16.3. The Morgan fingerprint density at radius 3 is 2.87 bits per heavy atom. The number of nitrogens with zero attached hydrogens (tertiary/aromatic N) is 6. The van der Waals surface area contributed by atoms with Crippen LogP contribution in [0.4, 0.5) is 17.5 Å². The number of nitrogens with one attached hydrogen (secondary N) is 2. The van der Waals surface area contributed by atoms with Gasteiger partial charge >= 0.3 is 0 Å². The number of aromatic hydroxyl groups is 1. The number of aromatic nitrogens is 5. The molecule has 150 valence electrons. The molecule has 3 N–H and O–H groups in total. The van der Waals surface area contributed by atoms with Gasteiger partial charge in [-0.1, -0.05) is 0 Å². The van der Waals surface area contributed by atoms with Gasteiger partial charge in [-0.2, -0.15) is 0 Å². The molecule has 9 heteroatoms. The lowest BCUT2D eigenvalue weighted by molar-refractivity contribution is 0.476. The molecule has 2 aliphatic rings. The van der Waals surface area contributed by atoms with Crippen LogP contribution in [0, 0.1) is 0 Å². The number of phenols is 1. The van der Waals surface area contributed by atoms with E-state index in [0.717, 1.165) is 41.9 Å². The van der Waals surface area contributed by atoms with Crippen LogP contribution in [-0.4, -0.2) is 55.0 Å². The molecule has 6 rings (SSSR count). The topological polar surface area (TPSA) is 104 Å². The number of hydrogen-bond donors (Lipinski definition) is 3. The molecule has 0 radical (unpaired) electrons. The molecule has 2 fully saturated rings. The summed E-state index contributed by atoms with van der Waals surface area (Å²) in [5.41, 5.74) is 1.68. The second-order valence-corrected chi connectivity index (χ2v) is 7.70. The van der Waals surface area contributed by atoms with Crippen molar-refractivity contribution < 1.29 is 5.11 Å². The number of rotatable bonds is 4. The first-order valence-corrected chi connectivity index (χ1v) is 9.96. The van der Waals surface area contributed by atoms with Gasteiger partial charge in [0.1, 0.15) is 17.4 Å². The third kappa shape index (κ3) is 2.82. The van der Waals surface area contributed by atoms with Crippen molar-refractivity contribution >= 4 is 28.4 Å². The molecule has 4 aromatic rings. The van der Waals surface area contributed by atoms with E-state index in [1.54, 1.807) is 30.7 Å². The Morgan fingerprint density at radius 1 is 1.10 bits per heavy atom. The van der Waals surface area contributed by atoms with Crippen molar-refractivity contribution in [2.24, 2.45) is 0 Å². The predicted octanol–water partition coefficient (Wildman–Crippen LogP) is 2.21. The first kappa shape index (κ1) is 17.2. The molecular weight excluding hydrogens is 380 g/mol. The molecule has 2 atom stereocenters. The van der Waals surface area contributed by atoms with Crippen molar-refractivity contribution in [3.05, 3.63) is 55.1 Å². The molecule has 2 saturated heterocycles. The number of pyridine rings is 1. The summed E-state index contributed by atoms with van der Waals surface area (Å²) < 4.78 is 1.82. The first-order chi connectivity index (χ1) is 14.7. The fraction of sp³-hybridized carbons (Fsp3) is 0.238. The molecule has 30 heavy (non-hydrogen) atoms. The smallest absolute Gasteiger partial charge is 0.162 e. The average molecular weight is 400 g/mol. The van der Waals surface area contributed by atoms with Crippen LogP contribution in [0.25, 0.3) is 16.6 Å². The molecule has 2 aliphatic heterocycles. The molecule has 1 aromatic carbocycles. The number of hydrogen-bond acceptors (Lipinski definition) is 8. The highest BCUT2D eigenvalue weighted by Gasteiger charge is 2.38. The Labute approximate surface area is 172 Å². The maximum absolute atomic E-state index is 10.1. The highest BCUT2D eigenvalue weighted by Crippen LogP contribution is 2.32. The Balaban J connectivity index is 1.43. The maximum Gasteiger partial charge on any atom is 0.162 e. The van der Waals surface area contributed by atoms with Gasteiger partial charge in [0.15, 0.2) is 5.82 Å². The molecule has 0 saturated carbocycles. The van der Waals surface area contributed by atoms with Crippen LogP contribution in [0.15, 0.2) is 55.1 Å². The number of benzene rings is 1. The fourth-order valence-corrected chi connectivity index (χ4v) is 4.42. The quantitative estimate of drug-likeness (QED) is 0.479. The van der Waals surface area contributed by atoms with Crippen LogP contribution in [0.3, 0.4) is 0 Å². The molecule has 3 aromatic heterocycles. The van der Waals surface area contributed by atoms with E-state index in [1.807, 2.05) is 23.0 Å². The van der Waals surface area contributed by atoms with Gasteiger partial charge in [-0.3, -0.25) is 4.98 Å². The average Bonchev–Trinajstić information content (AvgIpc) is 3.49. The predicted molar refractivity (Wildman–Crippen MR) is 113 cm³/mol. The highest BCUT2D eigenvalue weighted by molar-refractivity contribution is 5.93. The lowest BCUT2D eigenvalue weighted by atomic mass is 10.2. The maximum atomic E-state index is 10.1. The van der Waals surface area contributed by atoms with Crippen molar-refractivity contribution in [3.8, 4) is 11.4 Å². The van der Waals surface area contributed by atoms with E-state index in [1.165, 1.54) is 0 Å². The summed E-state index contributed by atoms with van der Waals surface area (Å²) in [7, 11) is 0. The summed E-state index contributed by atoms with van der Waals surface area (Å²) in [6.45, 7) is 1.97. The zero-order chi connectivity index (χ0) is 20.1. The van der Waals surface area contributed by atoms with E-state index >= 15 is 0 Å². The molecule has 0 spiro atoms. The Hall–Kier alpha value is -3.72. The normalized spacial score (nSPS) is 20.2. The second kappa shape index (κ2) is 6.67. The molecule has 0 amide bonds. The molecule has 5 heterocycles. The summed E-state index contributed by atoms with van der Waals surface area (Å²) in [5.74, 6) is 2.39. The van der Waals surface area contributed by atoms with E-state index in [2.05, 4.69) is 36.6 Å². The van der Waals surface area contributed by atoms with Crippen molar-refractivity contribution in [1.29, 1.82) is 0 Å². The van der Waals surface area contributed by atoms with Crippen LogP contribution in [0.1, 0.15) is 6.42 Å². The van der Waals surface area contributed by atoms with Gasteiger partial charge in [-0.05, 0) is 24.6 Å². The molecular formula is C21H20N8O. The Bertz CT molecular complexity index is 1220. The van der Waals surface area contributed by atoms with Gasteiger partial charge in [0.2, 0.25) is 0 Å². The van der Waals surface area contributed by atoms with Crippen LogP contribution in [0.2, 0.25) is 0 Å². The zero-order valence-electron chi connectivity index (χ0n) is 16.1. The van der Waals surface area contributed by atoms with E-state index < -0.39 is 0 Å². The number of fused-ring (bicyclic) bond motifs is 3. The first-order valence-electron chi connectivity index (χ1n) is 9.96. The second-order valence-electron chi connectivity index (χ2n) is 7.70. The van der Waals surface area contributed by atoms with Crippen LogP contribution >= 0.6 is 0 Å². The van der Waals surface area contributed by atoms with Gasteiger partial charge in [0.25, 0.3) is 0 Å². The monoisotopic (exact) mass is 400 g/mol. The van der Waals surface area contributed by atoms with Crippen molar-refractivity contribution in [1.82, 2.24) is 30.0 Å². The van der Waals surface area contributed by atoms with Gasteiger partial charge in [-0.15, -0.1) is 5.10 Å². The number of piperazine rings is 1. The van der Waals surface area contributed by atoms with E-state index in [-0.39, 0.29) is 5.75 Å². The van der Waals surface area contributed by atoms with Gasteiger partial charge in [0.05, 0.1) is 17.4 Å². The largest absolute Gasteiger partial charge is 0.508 e. The SMILES string of the molecule is Oc1ccc2c(Nc3cnccn3)nn(-c3ccnc(N4C[C@@H]5C[C@H]4CN5)c3)c2c1. The molecule has 0 unspecified atom stereocenters. The van der Waals surface area contributed by atoms with Gasteiger partial charge in [0, 0.05) is 61.3 Å². The lowest BCUT2D eigenvalue weighted by Gasteiger charge is -2.28. The minimum atomic E-state index is 0.187. The van der Waals surface area contributed by atoms with Gasteiger partial charge in [-0.25, -0.2) is 14.6 Å². The summed E-state index contributed by atoms with van der Waals surface area (Å²) >= 11 is 0. The standard InChI is InChI=1S/C21H20N8O/c30-16-1-2-17-18(9-16)29(27-21(17)26-19-11-22-5-6-23-19)14-3-4-24-20(8-14)28-12-13-7-15(28)10-25-13/h1-6,8-9,11,13,15,25,30H,7,10,12H2,(H,23,26,27)/t13-,15-/m0/s1. The summed E-state index contributed by atoms with van der Waals surface area (Å²) in [6.07, 6.45) is 7.87. The lowest BCUT2D eigenvalue weighted by Crippen LogP contribution is -2.44. The minimum absolute atomic E-state index is 0.187. The summed E-state index contributed by atoms with van der Waals surface area (Å²) in [6, 6.07) is 10.2. The van der Waals surface area contributed by atoms with Crippen LogP contribution in [-0.2, 0) is 0 Å². The van der Waals surface area contributed by atoms with Crippen LogP contribution < -0.4 is 15.5 Å². The van der Waals surface area contributed by atoms with Crippen molar-refractivity contribution in [3.63, 3.8) is 0 Å². The third-order valence-electron chi connectivity index (χ3n) is 5.80. The van der Waals surface area contributed by atoms with Crippen LogP contribution in [0.5, 0.6) is 5.75 Å². The van der Waals surface area contributed by atoms with Crippen molar-refractivity contribution in [2.45, 2.75) is 18.5 Å². The Kier molecular flexibility index (Phi) is 3.81. The minimum Gasteiger partial charge on any atom is -0.508 e. The van der Waals surface area contributed by atoms with Crippen molar-refractivity contribution in [2.75, 3.05) is 23.3 Å². The van der Waals surface area contributed by atoms with E-state index in [9.17, 15) is 5.11 Å². The molecule has 2 bridgehead atoms. The Morgan fingerprint density at radius 2 is 2.07 bits per heavy atom. The third-order valence-corrected chi connectivity index (χ3v) is 5.80. The number of phenolic OH excluding ortho intramolecular Hbond substituents is 1. The zero-order valence-corrected chi connectivity index (χ0v) is 16.1. The van der Waals surface area contributed by atoms with Gasteiger partial charge < -0.3 is 20.6 Å². The molecule has 0 aliphatic carbocycles.